The minimum atomic E-state index is -0.0240. The third-order valence-electron chi connectivity index (χ3n) is 4.17. The molecule has 0 bridgehead atoms. The van der Waals surface area contributed by atoms with Crippen molar-refractivity contribution in [3.05, 3.63) is 94.6 Å². The smallest absolute Gasteiger partial charge is 0.193 e. The Morgan fingerprint density at radius 1 is 0.708 bits per heavy atom. The molecular formula is C22H16O2. The van der Waals surface area contributed by atoms with E-state index in [1.54, 1.807) is 6.07 Å². The molecule has 3 aromatic carbocycles. The summed E-state index contributed by atoms with van der Waals surface area (Å²) in [4.78, 5) is 12.6. The highest BCUT2D eigenvalue weighted by Gasteiger charge is 2.08. The molecule has 4 rings (SSSR count). The van der Waals surface area contributed by atoms with E-state index in [0.717, 1.165) is 16.7 Å². The van der Waals surface area contributed by atoms with Crippen LogP contribution in [-0.2, 0) is 0 Å². The van der Waals surface area contributed by atoms with Crippen LogP contribution < -0.4 is 5.43 Å². The van der Waals surface area contributed by atoms with E-state index in [1.807, 2.05) is 48.5 Å². The van der Waals surface area contributed by atoms with Crippen molar-refractivity contribution >= 4 is 11.0 Å². The highest BCUT2D eigenvalue weighted by molar-refractivity contribution is 5.84. The molecule has 1 aromatic heterocycles. The lowest BCUT2D eigenvalue weighted by atomic mass is 10.0. The van der Waals surface area contributed by atoms with E-state index in [0.29, 0.717) is 16.7 Å². The minimum Gasteiger partial charge on any atom is -0.456 e. The van der Waals surface area contributed by atoms with Crippen molar-refractivity contribution in [2.45, 2.75) is 6.92 Å². The van der Waals surface area contributed by atoms with Crippen LogP contribution in [0, 0.1) is 6.92 Å². The Bertz CT molecular complexity index is 1060. The molecule has 0 aliphatic rings. The van der Waals surface area contributed by atoms with Crippen molar-refractivity contribution in [3.63, 3.8) is 0 Å². The van der Waals surface area contributed by atoms with Gasteiger partial charge in [-0.3, -0.25) is 4.79 Å². The Morgan fingerprint density at radius 3 is 2.17 bits per heavy atom. The molecule has 0 spiro atoms. The Balaban J connectivity index is 1.85. The number of rotatable bonds is 2. The summed E-state index contributed by atoms with van der Waals surface area (Å²) < 4.78 is 5.94. The van der Waals surface area contributed by atoms with Gasteiger partial charge in [-0.15, -0.1) is 0 Å². The van der Waals surface area contributed by atoms with Crippen LogP contribution in [0.15, 0.2) is 88.1 Å². The van der Waals surface area contributed by atoms with E-state index in [9.17, 15) is 4.79 Å². The first-order valence-corrected chi connectivity index (χ1v) is 7.91. The maximum Gasteiger partial charge on any atom is 0.193 e. The molecule has 24 heavy (non-hydrogen) atoms. The lowest BCUT2D eigenvalue weighted by Gasteiger charge is -2.06. The molecule has 1 heterocycles. The lowest BCUT2D eigenvalue weighted by Crippen LogP contribution is -2.00. The van der Waals surface area contributed by atoms with E-state index < -0.39 is 0 Å². The topological polar surface area (TPSA) is 30.2 Å². The third kappa shape index (κ3) is 2.63. The Kier molecular flexibility index (Phi) is 3.51. The minimum absolute atomic E-state index is 0.0240. The van der Waals surface area contributed by atoms with Gasteiger partial charge in [-0.2, -0.15) is 0 Å². The van der Waals surface area contributed by atoms with Crippen LogP contribution in [0.2, 0.25) is 0 Å². The van der Waals surface area contributed by atoms with Crippen molar-refractivity contribution in [2.75, 3.05) is 0 Å². The van der Waals surface area contributed by atoms with Crippen LogP contribution >= 0.6 is 0 Å². The van der Waals surface area contributed by atoms with Gasteiger partial charge in [-0.05, 0) is 30.2 Å². The first kappa shape index (κ1) is 14.5. The molecule has 0 atom stereocenters. The first-order chi connectivity index (χ1) is 11.7. The monoisotopic (exact) mass is 312 g/mol. The van der Waals surface area contributed by atoms with Crippen molar-refractivity contribution in [2.24, 2.45) is 0 Å². The summed E-state index contributed by atoms with van der Waals surface area (Å²) in [6.07, 6.45) is 0. The van der Waals surface area contributed by atoms with Crippen LogP contribution in [0.3, 0.4) is 0 Å². The molecule has 4 aromatic rings. The van der Waals surface area contributed by atoms with E-state index >= 15 is 0 Å². The molecular weight excluding hydrogens is 296 g/mol. The van der Waals surface area contributed by atoms with Crippen LogP contribution in [-0.4, -0.2) is 0 Å². The van der Waals surface area contributed by atoms with Crippen LogP contribution in [0.25, 0.3) is 33.4 Å². The average molecular weight is 312 g/mol. The van der Waals surface area contributed by atoms with Crippen LogP contribution in [0.4, 0.5) is 0 Å². The molecule has 0 unspecified atom stereocenters. The molecule has 116 valence electrons. The molecule has 0 radical (unpaired) electrons. The fourth-order valence-corrected chi connectivity index (χ4v) is 2.83. The van der Waals surface area contributed by atoms with Gasteiger partial charge in [0.2, 0.25) is 0 Å². The molecule has 0 saturated carbocycles. The first-order valence-electron chi connectivity index (χ1n) is 7.91. The van der Waals surface area contributed by atoms with Gasteiger partial charge in [-0.1, -0.05) is 66.2 Å². The highest BCUT2D eigenvalue weighted by Crippen LogP contribution is 2.26. The van der Waals surface area contributed by atoms with Gasteiger partial charge in [0.1, 0.15) is 11.3 Å². The second-order valence-electron chi connectivity index (χ2n) is 5.92. The quantitative estimate of drug-likeness (QED) is 0.493. The highest BCUT2D eigenvalue weighted by atomic mass is 16.3. The second kappa shape index (κ2) is 5.82. The van der Waals surface area contributed by atoms with Crippen LogP contribution in [0.1, 0.15) is 5.56 Å². The molecule has 0 aliphatic carbocycles. The van der Waals surface area contributed by atoms with Gasteiger partial charge < -0.3 is 4.42 Å². The standard InChI is InChI=1S/C22H16O2/c1-15-7-9-16(10-8-15)18-11-12-21-19(13-18)20(23)14-22(24-21)17-5-3-2-4-6-17/h2-14H,1H3. The van der Waals surface area contributed by atoms with Crippen molar-refractivity contribution in [3.8, 4) is 22.5 Å². The Hall–Kier alpha value is -3.13. The number of aryl methyl sites for hydroxylation is 1. The third-order valence-corrected chi connectivity index (χ3v) is 4.17. The summed E-state index contributed by atoms with van der Waals surface area (Å²) in [5, 5.41) is 0.604. The largest absolute Gasteiger partial charge is 0.456 e. The lowest BCUT2D eigenvalue weighted by molar-refractivity contribution is 0.619. The van der Waals surface area contributed by atoms with E-state index in [1.165, 1.54) is 5.56 Å². The molecule has 0 amide bonds. The van der Waals surface area contributed by atoms with E-state index in [4.69, 9.17) is 4.42 Å². The summed E-state index contributed by atoms with van der Waals surface area (Å²) in [7, 11) is 0. The fraction of sp³-hybridized carbons (Fsp3) is 0.0455. The molecule has 0 saturated heterocycles. The summed E-state index contributed by atoms with van der Waals surface area (Å²) in [6.45, 7) is 2.06. The molecule has 0 N–H and O–H groups in total. The van der Waals surface area contributed by atoms with Gasteiger partial charge in [-0.25, -0.2) is 0 Å². The SMILES string of the molecule is Cc1ccc(-c2ccc3oc(-c4ccccc4)cc(=O)c3c2)cc1. The number of fused-ring (bicyclic) bond motifs is 1. The fourth-order valence-electron chi connectivity index (χ4n) is 2.83. The van der Waals surface area contributed by atoms with Gasteiger partial charge in [0, 0.05) is 11.6 Å². The van der Waals surface area contributed by atoms with Gasteiger partial charge >= 0.3 is 0 Å². The van der Waals surface area contributed by atoms with Crippen molar-refractivity contribution in [1.82, 2.24) is 0 Å². The summed E-state index contributed by atoms with van der Waals surface area (Å²) in [6, 6.07) is 25.3. The predicted octanol–water partition coefficient (Wildman–Crippen LogP) is 5.44. The zero-order valence-electron chi connectivity index (χ0n) is 13.3. The van der Waals surface area contributed by atoms with Crippen molar-refractivity contribution in [1.29, 1.82) is 0 Å². The molecule has 0 aliphatic heterocycles. The maximum absolute atomic E-state index is 12.6. The van der Waals surface area contributed by atoms with Gasteiger partial charge in [0.15, 0.2) is 5.43 Å². The summed E-state index contributed by atoms with van der Waals surface area (Å²) in [5.41, 5.74) is 4.81. The molecule has 2 nitrogen and oxygen atoms in total. The summed E-state index contributed by atoms with van der Waals surface area (Å²) in [5.74, 6) is 0.594. The predicted molar refractivity (Wildman–Crippen MR) is 98.1 cm³/mol. The zero-order valence-corrected chi connectivity index (χ0v) is 13.3. The number of hydrogen-bond acceptors (Lipinski definition) is 2. The maximum atomic E-state index is 12.6. The van der Waals surface area contributed by atoms with Gasteiger partial charge in [0.25, 0.3) is 0 Å². The normalized spacial score (nSPS) is 10.9. The Labute approximate surface area is 140 Å². The molecule has 0 fully saturated rings. The zero-order chi connectivity index (χ0) is 16.5. The Morgan fingerprint density at radius 2 is 1.42 bits per heavy atom. The molecule has 2 heteroatoms. The number of benzene rings is 3. The summed E-state index contributed by atoms with van der Waals surface area (Å²) >= 11 is 0. The van der Waals surface area contributed by atoms with E-state index in [-0.39, 0.29) is 5.43 Å². The van der Waals surface area contributed by atoms with Gasteiger partial charge in [0.05, 0.1) is 5.39 Å². The second-order valence-corrected chi connectivity index (χ2v) is 5.92. The van der Waals surface area contributed by atoms with Crippen LogP contribution in [0.5, 0.6) is 0 Å². The average Bonchev–Trinajstić information content (AvgIpc) is 2.63. The number of hydrogen-bond donors (Lipinski definition) is 0. The van der Waals surface area contributed by atoms with Crippen molar-refractivity contribution < 1.29 is 4.42 Å². The van der Waals surface area contributed by atoms with E-state index in [2.05, 4.69) is 31.2 Å².